The van der Waals surface area contributed by atoms with Gasteiger partial charge >= 0.3 is 12.0 Å². The van der Waals surface area contributed by atoms with Crippen LogP contribution >= 0.6 is 11.8 Å². The van der Waals surface area contributed by atoms with Crippen molar-refractivity contribution in [1.82, 2.24) is 0 Å². The maximum atomic E-state index is 12.3. The third-order valence-electron chi connectivity index (χ3n) is 3.68. The number of carbonyl (C=O) groups excluding carboxylic acids is 3. The Morgan fingerprint density at radius 1 is 1.23 bits per heavy atom. The second-order valence-electron chi connectivity index (χ2n) is 5.83. The molecular formula is C18H21N3O4S. The van der Waals surface area contributed by atoms with Gasteiger partial charge in [-0.15, -0.1) is 0 Å². The molecule has 1 aromatic rings. The third-order valence-corrected chi connectivity index (χ3v) is 4.71. The Hall–Kier alpha value is -2.48. The van der Waals surface area contributed by atoms with E-state index >= 15 is 0 Å². The summed E-state index contributed by atoms with van der Waals surface area (Å²) < 4.78 is 5.02. The van der Waals surface area contributed by atoms with E-state index in [1.807, 2.05) is 32.0 Å². The third kappa shape index (κ3) is 5.01. The predicted octanol–water partition coefficient (Wildman–Crippen LogP) is 3.15. The van der Waals surface area contributed by atoms with E-state index in [0.29, 0.717) is 5.71 Å². The van der Waals surface area contributed by atoms with Gasteiger partial charge in [0.2, 0.25) is 5.91 Å². The monoisotopic (exact) mass is 375 g/mol. The number of thioether (sulfide) groups is 1. The largest absolute Gasteiger partial charge is 0.465 e. The van der Waals surface area contributed by atoms with Crippen molar-refractivity contribution in [3.63, 3.8) is 0 Å². The van der Waals surface area contributed by atoms with E-state index in [9.17, 15) is 14.4 Å². The van der Waals surface area contributed by atoms with E-state index in [1.165, 1.54) is 0 Å². The number of ether oxygens (including phenoxy) is 1. The Morgan fingerprint density at radius 3 is 2.65 bits per heavy atom. The highest BCUT2D eigenvalue weighted by atomic mass is 32.2. The van der Waals surface area contributed by atoms with Crippen LogP contribution in [0.3, 0.4) is 0 Å². The Labute approximate surface area is 156 Å². The van der Waals surface area contributed by atoms with Crippen molar-refractivity contribution >= 4 is 46.1 Å². The Balaban J connectivity index is 2.06. The zero-order valence-electron chi connectivity index (χ0n) is 15.2. The summed E-state index contributed by atoms with van der Waals surface area (Å²) in [6.07, 6.45) is 0. The van der Waals surface area contributed by atoms with Gasteiger partial charge in [0.15, 0.2) is 0 Å². The number of nitrogens with one attached hydrogen (secondary N) is 1. The fraction of sp³-hybridized carbons (Fsp3) is 0.389. The molecule has 0 radical (unpaired) electrons. The first-order valence-electron chi connectivity index (χ1n) is 8.16. The minimum absolute atomic E-state index is 0.0165. The first-order chi connectivity index (χ1) is 12.3. The molecule has 0 bridgehead atoms. The van der Waals surface area contributed by atoms with Gasteiger partial charge in [0.25, 0.3) is 0 Å². The molecule has 1 aromatic carbocycles. The average molecular weight is 375 g/mol. The molecule has 1 aliphatic heterocycles. The van der Waals surface area contributed by atoms with E-state index < -0.39 is 17.9 Å². The van der Waals surface area contributed by atoms with Gasteiger partial charge < -0.3 is 10.1 Å². The number of benzene rings is 1. The molecule has 1 heterocycles. The minimum atomic E-state index is -0.842. The van der Waals surface area contributed by atoms with Crippen molar-refractivity contribution in [3.8, 4) is 0 Å². The molecular weight excluding hydrogens is 354 g/mol. The molecule has 26 heavy (non-hydrogen) atoms. The second-order valence-corrected chi connectivity index (χ2v) is 6.82. The number of aryl methyl sites for hydroxylation is 2. The topological polar surface area (TPSA) is 97.2 Å². The summed E-state index contributed by atoms with van der Waals surface area (Å²) in [5.41, 5.74) is 3.04. The van der Waals surface area contributed by atoms with Crippen LogP contribution in [0.5, 0.6) is 0 Å². The van der Waals surface area contributed by atoms with Crippen molar-refractivity contribution < 1.29 is 19.1 Å². The number of urea groups is 1. The van der Waals surface area contributed by atoms with Crippen LogP contribution in [0.2, 0.25) is 0 Å². The van der Waals surface area contributed by atoms with Crippen molar-refractivity contribution in [2.24, 2.45) is 15.9 Å². The normalized spacial score (nSPS) is 16.6. The zero-order valence-corrected chi connectivity index (χ0v) is 16.0. The first kappa shape index (κ1) is 19.8. The van der Waals surface area contributed by atoms with Gasteiger partial charge in [0.1, 0.15) is 5.92 Å². The van der Waals surface area contributed by atoms with Gasteiger partial charge in [-0.2, -0.15) is 9.98 Å². The highest BCUT2D eigenvalue weighted by Gasteiger charge is 2.33. The maximum Gasteiger partial charge on any atom is 0.367 e. The van der Waals surface area contributed by atoms with E-state index in [2.05, 4.69) is 15.3 Å². The number of nitrogens with zero attached hydrogens (tertiary/aromatic N) is 2. The average Bonchev–Trinajstić information content (AvgIpc) is 2.56. The molecule has 0 spiro atoms. The summed E-state index contributed by atoms with van der Waals surface area (Å²) in [6.45, 7) is 7.33. The molecule has 1 N–H and O–H groups in total. The Bertz CT molecular complexity index is 802. The molecule has 138 valence electrons. The maximum absolute atomic E-state index is 12.3. The lowest BCUT2D eigenvalue weighted by molar-refractivity contribution is -0.143. The summed E-state index contributed by atoms with van der Waals surface area (Å²) in [4.78, 5) is 43.5. The summed E-state index contributed by atoms with van der Waals surface area (Å²) in [6, 6.07) is 5.10. The van der Waals surface area contributed by atoms with Crippen LogP contribution in [-0.2, 0) is 14.3 Å². The molecule has 3 amide bonds. The van der Waals surface area contributed by atoms with Gasteiger partial charge in [0.05, 0.1) is 17.4 Å². The number of hydrogen-bond donors (Lipinski definition) is 1. The standard InChI is InChI=1S/C18H21N3O4S/c1-5-25-17(23)15-12(4)19-18(24)21-16(15)26-9-14(22)20-13-8-10(2)6-7-11(13)3/h6-8,15H,5,9H2,1-4H3,(H,20,22). The highest BCUT2D eigenvalue weighted by Crippen LogP contribution is 2.22. The Kier molecular flexibility index (Phi) is 6.68. The molecule has 7 nitrogen and oxygen atoms in total. The lowest BCUT2D eigenvalue weighted by atomic mass is 10.1. The van der Waals surface area contributed by atoms with Crippen LogP contribution in [0, 0.1) is 19.8 Å². The fourth-order valence-corrected chi connectivity index (χ4v) is 3.31. The van der Waals surface area contributed by atoms with Crippen LogP contribution in [0.15, 0.2) is 28.2 Å². The first-order valence-corrected chi connectivity index (χ1v) is 9.14. The molecule has 0 saturated carbocycles. The van der Waals surface area contributed by atoms with Crippen molar-refractivity contribution in [2.45, 2.75) is 27.7 Å². The van der Waals surface area contributed by atoms with E-state index in [4.69, 9.17) is 4.74 Å². The molecule has 1 unspecified atom stereocenters. The van der Waals surface area contributed by atoms with Gasteiger partial charge in [-0.05, 0) is 44.9 Å². The number of anilines is 1. The number of carbonyl (C=O) groups is 3. The SMILES string of the molecule is CCOC(=O)C1C(C)=NC(=O)N=C1SCC(=O)Nc1cc(C)ccc1C. The van der Waals surface area contributed by atoms with Crippen LogP contribution in [0.25, 0.3) is 0 Å². The molecule has 8 heteroatoms. The summed E-state index contributed by atoms with van der Waals surface area (Å²) in [5.74, 6) is -1.60. The Morgan fingerprint density at radius 2 is 1.96 bits per heavy atom. The minimum Gasteiger partial charge on any atom is -0.465 e. The van der Waals surface area contributed by atoms with Crippen LogP contribution < -0.4 is 5.32 Å². The number of aliphatic imine (C=N–C) groups is 2. The number of hydrogen-bond acceptors (Lipinski definition) is 5. The second kappa shape index (κ2) is 8.75. The predicted molar refractivity (Wildman–Crippen MR) is 103 cm³/mol. The van der Waals surface area contributed by atoms with Crippen LogP contribution in [-0.4, -0.2) is 41.0 Å². The zero-order chi connectivity index (χ0) is 19.3. The highest BCUT2D eigenvalue weighted by molar-refractivity contribution is 8.14. The van der Waals surface area contributed by atoms with Crippen molar-refractivity contribution in [1.29, 1.82) is 0 Å². The van der Waals surface area contributed by atoms with Crippen molar-refractivity contribution in [2.75, 3.05) is 17.7 Å². The molecule has 1 atom stereocenters. The van der Waals surface area contributed by atoms with E-state index in [1.54, 1.807) is 13.8 Å². The summed E-state index contributed by atoms with van der Waals surface area (Å²) >= 11 is 1.04. The van der Waals surface area contributed by atoms with E-state index in [0.717, 1.165) is 28.6 Å². The molecule has 0 fully saturated rings. The lowest BCUT2D eigenvalue weighted by Crippen LogP contribution is -2.34. The number of rotatable bonds is 5. The molecule has 0 aliphatic carbocycles. The molecule has 0 saturated heterocycles. The van der Waals surface area contributed by atoms with Gasteiger partial charge in [-0.1, -0.05) is 23.9 Å². The van der Waals surface area contributed by atoms with Crippen molar-refractivity contribution in [3.05, 3.63) is 29.3 Å². The van der Waals surface area contributed by atoms with Gasteiger partial charge in [-0.25, -0.2) is 4.79 Å². The fourth-order valence-electron chi connectivity index (χ4n) is 2.39. The van der Waals surface area contributed by atoms with Gasteiger partial charge in [-0.3, -0.25) is 9.59 Å². The summed E-state index contributed by atoms with van der Waals surface area (Å²) in [7, 11) is 0. The molecule has 1 aliphatic rings. The van der Waals surface area contributed by atoms with Crippen LogP contribution in [0.4, 0.5) is 10.5 Å². The molecule has 2 rings (SSSR count). The molecule has 0 aromatic heterocycles. The van der Waals surface area contributed by atoms with Gasteiger partial charge in [0, 0.05) is 11.4 Å². The van der Waals surface area contributed by atoms with Crippen LogP contribution in [0.1, 0.15) is 25.0 Å². The number of amides is 3. The quantitative estimate of drug-likeness (QED) is 0.797. The van der Waals surface area contributed by atoms with E-state index in [-0.39, 0.29) is 23.3 Å². The lowest BCUT2D eigenvalue weighted by Gasteiger charge is -2.19. The number of esters is 1. The summed E-state index contributed by atoms with van der Waals surface area (Å²) in [5, 5.41) is 3.07. The smallest absolute Gasteiger partial charge is 0.367 e.